The fourth-order valence-corrected chi connectivity index (χ4v) is 3.31. The number of hydrogen-bond acceptors (Lipinski definition) is 1. The van der Waals surface area contributed by atoms with Crippen LogP contribution in [0.25, 0.3) is 0 Å². The number of hydrogen-bond donors (Lipinski definition) is 0. The third-order valence-corrected chi connectivity index (χ3v) is 4.71. The first-order chi connectivity index (χ1) is 9.13. The Kier molecular flexibility index (Phi) is 4.75. The summed E-state index contributed by atoms with van der Waals surface area (Å²) in [7, 11) is 0. The molecule has 1 heterocycles. The van der Waals surface area contributed by atoms with Gasteiger partial charge in [0, 0.05) is 18.3 Å². The first-order valence-electron chi connectivity index (χ1n) is 6.76. The summed E-state index contributed by atoms with van der Waals surface area (Å²) in [5, 5.41) is -0.493. The Morgan fingerprint density at radius 3 is 2.26 bits per heavy atom. The number of nitrogens with zero attached hydrogens (tertiary/aromatic N) is 1. The van der Waals surface area contributed by atoms with Gasteiger partial charge in [0.15, 0.2) is 0 Å². The quantitative estimate of drug-likeness (QED) is 0.778. The molecule has 1 aromatic carbocycles. The van der Waals surface area contributed by atoms with Crippen LogP contribution in [0.2, 0.25) is 0 Å². The van der Waals surface area contributed by atoms with Crippen LogP contribution < -0.4 is 4.90 Å². The van der Waals surface area contributed by atoms with Crippen molar-refractivity contribution in [1.82, 2.24) is 0 Å². The minimum atomic E-state index is -0.493. The summed E-state index contributed by atoms with van der Waals surface area (Å²) < 4.78 is 0. The molecule has 2 rings (SSSR count). The van der Waals surface area contributed by atoms with Crippen LogP contribution in [-0.2, 0) is 17.6 Å². The van der Waals surface area contributed by atoms with Gasteiger partial charge in [0.05, 0.1) is 5.69 Å². The highest BCUT2D eigenvalue weighted by atomic mass is 35.5. The first-order valence-corrected chi connectivity index (χ1v) is 7.73. The lowest BCUT2D eigenvalue weighted by Crippen LogP contribution is -2.29. The summed E-state index contributed by atoms with van der Waals surface area (Å²) in [6.07, 6.45) is 1.82. The molecule has 2 nitrogen and oxygen atoms in total. The van der Waals surface area contributed by atoms with Gasteiger partial charge in [-0.1, -0.05) is 32.0 Å². The minimum absolute atomic E-state index is 0.0112. The molecule has 1 fully saturated rings. The lowest BCUT2D eigenvalue weighted by atomic mass is 10.0. The van der Waals surface area contributed by atoms with Gasteiger partial charge in [-0.25, -0.2) is 0 Å². The van der Waals surface area contributed by atoms with Crippen molar-refractivity contribution >= 4 is 34.8 Å². The number of carbonyl (C=O) groups excluding carboxylic acids is 1. The second kappa shape index (κ2) is 6.15. The summed E-state index contributed by atoms with van der Waals surface area (Å²) >= 11 is 12.1. The second-order valence-corrected chi connectivity index (χ2v) is 5.68. The highest BCUT2D eigenvalue weighted by Gasteiger charge is 2.40. The van der Waals surface area contributed by atoms with Crippen LogP contribution >= 0.6 is 23.2 Å². The van der Waals surface area contributed by atoms with Crippen LogP contribution in [0.1, 0.15) is 25.0 Å². The predicted molar refractivity (Wildman–Crippen MR) is 81.4 cm³/mol. The number of alkyl halides is 2. The van der Waals surface area contributed by atoms with Crippen LogP contribution in [0.5, 0.6) is 0 Å². The summed E-state index contributed by atoms with van der Waals surface area (Å²) in [6.45, 7) is 4.84. The topological polar surface area (TPSA) is 20.3 Å². The van der Waals surface area contributed by atoms with Gasteiger partial charge in [0.25, 0.3) is 0 Å². The van der Waals surface area contributed by atoms with Crippen LogP contribution in [0, 0.1) is 5.92 Å². The number of amides is 1. The lowest BCUT2D eigenvalue weighted by molar-refractivity contribution is -0.117. The monoisotopic (exact) mass is 299 g/mol. The molecule has 0 aliphatic carbocycles. The van der Waals surface area contributed by atoms with E-state index in [0.29, 0.717) is 12.4 Å². The molecule has 4 heteroatoms. The van der Waals surface area contributed by atoms with Crippen molar-refractivity contribution in [1.29, 1.82) is 0 Å². The molecular formula is C15H19Cl2NO. The largest absolute Gasteiger partial charge is 0.310 e. The van der Waals surface area contributed by atoms with Crippen molar-refractivity contribution in [3.05, 3.63) is 29.3 Å². The van der Waals surface area contributed by atoms with E-state index in [1.165, 1.54) is 11.1 Å². The molecule has 0 saturated carbocycles. The zero-order chi connectivity index (χ0) is 14.0. The molecule has 1 aromatic rings. The first kappa shape index (κ1) is 14.7. The van der Waals surface area contributed by atoms with E-state index < -0.39 is 5.38 Å². The highest BCUT2D eigenvalue weighted by molar-refractivity contribution is 6.35. The third kappa shape index (κ3) is 2.61. The van der Waals surface area contributed by atoms with Crippen LogP contribution in [0.15, 0.2) is 18.2 Å². The number of benzene rings is 1. The smallest absolute Gasteiger partial charge is 0.245 e. The van der Waals surface area contributed by atoms with E-state index in [2.05, 4.69) is 32.0 Å². The van der Waals surface area contributed by atoms with Crippen molar-refractivity contribution in [3.8, 4) is 0 Å². The summed E-state index contributed by atoms with van der Waals surface area (Å²) in [6, 6.07) is 6.22. The maximum absolute atomic E-state index is 12.3. The summed E-state index contributed by atoms with van der Waals surface area (Å²) in [5.41, 5.74) is 3.45. The zero-order valence-corrected chi connectivity index (χ0v) is 12.8. The van der Waals surface area contributed by atoms with Gasteiger partial charge in [-0.3, -0.25) is 4.79 Å². The molecule has 0 bridgehead atoms. The Balaban J connectivity index is 2.44. The minimum Gasteiger partial charge on any atom is -0.310 e. The summed E-state index contributed by atoms with van der Waals surface area (Å²) in [4.78, 5) is 14.2. The fraction of sp³-hybridized carbons (Fsp3) is 0.533. The van der Waals surface area contributed by atoms with Gasteiger partial charge < -0.3 is 4.90 Å². The van der Waals surface area contributed by atoms with E-state index in [4.69, 9.17) is 23.2 Å². The van der Waals surface area contributed by atoms with Gasteiger partial charge in [-0.15, -0.1) is 23.2 Å². The Bertz CT molecular complexity index is 453. The Hall–Kier alpha value is -0.730. The molecule has 2 atom stereocenters. The molecule has 1 saturated heterocycles. The van der Waals surface area contributed by atoms with Crippen molar-refractivity contribution in [2.24, 2.45) is 5.92 Å². The van der Waals surface area contributed by atoms with Gasteiger partial charge in [-0.2, -0.15) is 0 Å². The summed E-state index contributed by atoms with van der Waals surface area (Å²) in [5.74, 6) is 0.444. The Labute approximate surface area is 124 Å². The number of anilines is 1. The number of halogens is 2. The van der Waals surface area contributed by atoms with E-state index in [-0.39, 0.29) is 11.8 Å². The molecule has 0 aromatic heterocycles. The van der Waals surface area contributed by atoms with Gasteiger partial charge in [-0.05, 0) is 24.0 Å². The van der Waals surface area contributed by atoms with E-state index in [9.17, 15) is 4.79 Å². The van der Waals surface area contributed by atoms with Crippen LogP contribution in [0.3, 0.4) is 0 Å². The van der Waals surface area contributed by atoms with Crippen molar-refractivity contribution in [3.63, 3.8) is 0 Å². The van der Waals surface area contributed by atoms with Crippen molar-refractivity contribution < 1.29 is 4.79 Å². The molecule has 1 aliphatic rings. The van der Waals surface area contributed by atoms with Crippen LogP contribution in [-0.4, -0.2) is 23.7 Å². The number of para-hydroxylation sites is 1. The Morgan fingerprint density at radius 1 is 1.26 bits per heavy atom. The van der Waals surface area contributed by atoms with Gasteiger partial charge in [0.2, 0.25) is 5.91 Å². The van der Waals surface area contributed by atoms with E-state index in [1.807, 2.05) is 4.90 Å². The second-order valence-electron chi connectivity index (χ2n) is 4.90. The van der Waals surface area contributed by atoms with Gasteiger partial charge >= 0.3 is 0 Å². The Morgan fingerprint density at radius 2 is 1.84 bits per heavy atom. The number of carbonyl (C=O) groups is 1. The van der Waals surface area contributed by atoms with Gasteiger partial charge in [0.1, 0.15) is 5.38 Å². The lowest BCUT2D eigenvalue weighted by Gasteiger charge is -2.23. The SMILES string of the molecule is CCc1cccc(CC)c1N1CC(CCl)C(Cl)C1=O. The molecule has 1 aliphatic heterocycles. The third-order valence-electron chi connectivity index (χ3n) is 3.77. The molecule has 0 spiro atoms. The normalized spacial score (nSPS) is 23.2. The fourth-order valence-electron chi connectivity index (χ4n) is 2.66. The molecule has 19 heavy (non-hydrogen) atoms. The van der Waals surface area contributed by atoms with E-state index in [0.717, 1.165) is 18.5 Å². The average Bonchev–Trinajstić information content (AvgIpc) is 2.73. The standard InChI is InChI=1S/C15H19Cl2NO/c1-3-10-6-5-7-11(4-2)14(10)18-9-12(8-16)13(17)15(18)19/h5-7,12-13H,3-4,8-9H2,1-2H3. The average molecular weight is 300 g/mol. The van der Waals surface area contributed by atoms with E-state index >= 15 is 0 Å². The van der Waals surface area contributed by atoms with Crippen LogP contribution in [0.4, 0.5) is 5.69 Å². The number of rotatable bonds is 4. The molecule has 2 unspecified atom stereocenters. The van der Waals surface area contributed by atoms with Crippen molar-refractivity contribution in [2.75, 3.05) is 17.3 Å². The molecule has 0 radical (unpaired) electrons. The van der Waals surface area contributed by atoms with E-state index in [1.54, 1.807) is 0 Å². The molecule has 0 N–H and O–H groups in total. The molecule has 104 valence electrons. The molecule has 1 amide bonds. The maximum atomic E-state index is 12.3. The number of aryl methyl sites for hydroxylation is 2. The zero-order valence-electron chi connectivity index (χ0n) is 11.3. The molecular weight excluding hydrogens is 281 g/mol. The predicted octanol–water partition coefficient (Wildman–Crippen LogP) is 3.62. The van der Waals surface area contributed by atoms with Crippen molar-refractivity contribution in [2.45, 2.75) is 32.1 Å². The maximum Gasteiger partial charge on any atom is 0.245 e. The highest BCUT2D eigenvalue weighted by Crippen LogP contribution is 2.34.